The van der Waals surface area contributed by atoms with Gasteiger partial charge in [0.2, 0.25) is 12.1 Å². The second-order valence-electron chi connectivity index (χ2n) is 6.38. The van der Waals surface area contributed by atoms with Crippen LogP contribution in [0.3, 0.4) is 0 Å². The molecule has 29 heavy (non-hydrogen) atoms. The second-order valence-corrected chi connectivity index (χ2v) is 7.32. The molecular formula is C19H15F4N3O2S. The van der Waals surface area contributed by atoms with E-state index in [9.17, 15) is 17.6 Å². The molecule has 2 heterocycles. The molecule has 10 heteroatoms. The number of hydrogen-bond acceptors (Lipinski definition) is 5. The van der Waals surface area contributed by atoms with Gasteiger partial charge in [-0.1, -0.05) is 42.1 Å². The number of fused-ring (bicyclic) bond motifs is 1. The number of hydrogen-bond donors (Lipinski definition) is 0. The topological polar surface area (TPSA) is 49.2 Å². The molecule has 1 aliphatic heterocycles. The maximum atomic E-state index is 14.0. The lowest BCUT2D eigenvalue weighted by Crippen LogP contribution is -2.19. The highest BCUT2D eigenvalue weighted by atomic mass is 32.2. The molecule has 4 rings (SSSR count). The maximum Gasteiger partial charge on any atom is 0.451 e. The van der Waals surface area contributed by atoms with Crippen LogP contribution in [0.5, 0.6) is 5.75 Å². The van der Waals surface area contributed by atoms with E-state index in [4.69, 9.17) is 9.47 Å². The van der Waals surface area contributed by atoms with Gasteiger partial charge in [0, 0.05) is 29.5 Å². The zero-order valence-corrected chi connectivity index (χ0v) is 15.9. The molecular weight excluding hydrogens is 410 g/mol. The van der Waals surface area contributed by atoms with Gasteiger partial charge >= 0.3 is 6.18 Å². The first kappa shape index (κ1) is 19.7. The average molecular weight is 425 g/mol. The number of alkyl halides is 3. The second kappa shape index (κ2) is 7.68. The summed E-state index contributed by atoms with van der Waals surface area (Å²) in [6.45, 7) is 0.159. The van der Waals surface area contributed by atoms with Gasteiger partial charge in [0.15, 0.2) is 5.16 Å². The molecule has 3 aromatic rings. The fourth-order valence-electron chi connectivity index (χ4n) is 2.99. The first-order valence-corrected chi connectivity index (χ1v) is 9.55. The van der Waals surface area contributed by atoms with Crippen molar-refractivity contribution in [2.24, 2.45) is 7.05 Å². The van der Waals surface area contributed by atoms with Crippen molar-refractivity contribution in [1.29, 1.82) is 0 Å². The Bertz CT molecular complexity index is 1020. The van der Waals surface area contributed by atoms with Gasteiger partial charge in [-0.15, -0.1) is 10.2 Å². The Labute approximate surface area is 167 Å². The van der Waals surface area contributed by atoms with Crippen LogP contribution in [0.15, 0.2) is 47.6 Å². The lowest BCUT2D eigenvalue weighted by molar-refractivity contribution is -0.147. The van der Waals surface area contributed by atoms with Crippen molar-refractivity contribution in [1.82, 2.24) is 14.8 Å². The minimum atomic E-state index is -4.60. The molecule has 0 fully saturated rings. The molecule has 0 saturated carbocycles. The summed E-state index contributed by atoms with van der Waals surface area (Å²) < 4.78 is 65.2. The number of benzene rings is 2. The smallest absolute Gasteiger partial charge is 0.451 e. The Morgan fingerprint density at radius 1 is 1.17 bits per heavy atom. The van der Waals surface area contributed by atoms with Crippen molar-refractivity contribution in [3.05, 3.63) is 70.8 Å². The molecule has 1 aromatic heterocycles. The molecule has 0 amide bonds. The standard InChI is InChI=1S/C19H15F4N3O2S/c1-26-17(19(21,22)23)24-25-18(26)29-10-13-8-14(20)7-12-9-27-16(28-15(12)13)11-5-3-2-4-6-11/h2-8,16H,9-10H2,1H3/t16-/m0/s1. The van der Waals surface area contributed by atoms with Crippen molar-refractivity contribution in [3.8, 4) is 5.75 Å². The van der Waals surface area contributed by atoms with Crippen LogP contribution in [0.25, 0.3) is 0 Å². The number of halogens is 4. The number of aromatic nitrogens is 3. The molecule has 0 N–H and O–H groups in total. The molecule has 0 saturated heterocycles. The Hall–Kier alpha value is -2.59. The minimum absolute atomic E-state index is 0.0713. The molecule has 0 unspecified atom stereocenters. The van der Waals surface area contributed by atoms with E-state index in [-0.39, 0.29) is 17.5 Å². The van der Waals surface area contributed by atoms with E-state index in [1.807, 2.05) is 30.3 Å². The first-order valence-electron chi connectivity index (χ1n) is 8.57. The quantitative estimate of drug-likeness (QED) is 0.441. The Kier molecular flexibility index (Phi) is 5.22. The van der Waals surface area contributed by atoms with Crippen LogP contribution < -0.4 is 4.74 Å². The highest BCUT2D eigenvalue weighted by Crippen LogP contribution is 2.39. The molecule has 1 aliphatic rings. The van der Waals surface area contributed by atoms with Gasteiger partial charge in [-0.3, -0.25) is 0 Å². The molecule has 0 spiro atoms. The van der Waals surface area contributed by atoms with Crippen LogP contribution in [0.2, 0.25) is 0 Å². The number of rotatable bonds is 4. The van der Waals surface area contributed by atoms with Crippen LogP contribution in [0.1, 0.15) is 28.8 Å². The summed E-state index contributed by atoms with van der Waals surface area (Å²) in [5, 5.41) is 6.86. The fourth-order valence-corrected chi connectivity index (χ4v) is 3.87. The molecule has 1 atom stereocenters. The highest BCUT2D eigenvalue weighted by Gasteiger charge is 2.37. The Morgan fingerprint density at radius 2 is 1.93 bits per heavy atom. The number of ether oxygens (including phenoxy) is 2. The largest absolute Gasteiger partial charge is 0.460 e. The normalized spacial score (nSPS) is 16.4. The predicted molar refractivity (Wildman–Crippen MR) is 96.6 cm³/mol. The van der Waals surface area contributed by atoms with Crippen molar-refractivity contribution < 1.29 is 27.0 Å². The van der Waals surface area contributed by atoms with E-state index in [2.05, 4.69) is 10.2 Å². The summed E-state index contributed by atoms with van der Waals surface area (Å²) in [4.78, 5) is 0. The van der Waals surface area contributed by atoms with Gasteiger partial charge in [0.25, 0.3) is 0 Å². The lowest BCUT2D eigenvalue weighted by Gasteiger charge is -2.28. The van der Waals surface area contributed by atoms with Crippen molar-refractivity contribution >= 4 is 11.8 Å². The van der Waals surface area contributed by atoms with Crippen LogP contribution in [0.4, 0.5) is 17.6 Å². The van der Waals surface area contributed by atoms with Crippen molar-refractivity contribution in [2.45, 2.75) is 30.0 Å². The van der Waals surface area contributed by atoms with E-state index in [1.54, 1.807) is 0 Å². The molecule has 0 radical (unpaired) electrons. The van der Waals surface area contributed by atoms with Gasteiger partial charge in [-0.05, 0) is 12.1 Å². The summed E-state index contributed by atoms with van der Waals surface area (Å²) >= 11 is 1.02. The third kappa shape index (κ3) is 4.08. The van der Waals surface area contributed by atoms with E-state index in [1.165, 1.54) is 19.2 Å². The predicted octanol–water partition coefficient (Wildman–Crippen LogP) is 4.87. The lowest BCUT2D eigenvalue weighted by atomic mass is 10.1. The zero-order valence-electron chi connectivity index (χ0n) is 15.1. The molecule has 0 bridgehead atoms. The van der Waals surface area contributed by atoms with Crippen LogP contribution in [-0.4, -0.2) is 14.8 Å². The van der Waals surface area contributed by atoms with Gasteiger partial charge < -0.3 is 14.0 Å². The van der Waals surface area contributed by atoms with Gasteiger partial charge in [0.1, 0.15) is 11.6 Å². The summed E-state index contributed by atoms with van der Waals surface area (Å²) in [5.74, 6) is -0.934. The number of nitrogens with zero attached hydrogens (tertiary/aromatic N) is 3. The number of thioether (sulfide) groups is 1. The fraction of sp³-hybridized carbons (Fsp3) is 0.263. The van der Waals surface area contributed by atoms with Gasteiger partial charge in [-0.2, -0.15) is 13.2 Å². The van der Waals surface area contributed by atoms with Crippen molar-refractivity contribution in [2.75, 3.05) is 0 Å². The van der Waals surface area contributed by atoms with Gasteiger partial charge in [-0.25, -0.2) is 4.39 Å². The maximum absolute atomic E-state index is 14.0. The first-order chi connectivity index (χ1) is 13.8. The molecule has 5 nitrogen and oxygen atoms in total. The van der Waals surface area contributed by atoms with E-state index in [0.29, 0.717) is 16.9 Å². The highest BCUT2D eigenvalue weighted by molar-refractivity contribution is 7.98. The Morgan fingerprint density at radius 3 is 2.62 bits per heavy atom. The van der Waals surface area contributed by atoms with Crippen LogP contribution in [0, 0.1) is 5.82 Å². The van der Waals surface area contributed by atoms with E-state index >= 15 is 0 Å². The zero-order chi connectivity index (χ0) is 20.6. The van der Waals surface area contributed by atoms with Crippen molar-refractivity contribution in [3.63, 3.8) is 0 Å². The Balaban J connectivity index is 1.58. The van der Waals surface area contributed by atoms with Crippen LogP contribution in [-0.2, 0) is 30.3 Å². The van der Waals surface area contributed by atoms with Gasteiger partial charge in [0.05, 0.1) is 6.61 Å². The van der Waals surface area contributed by atoms with Crippen LogP contribution >= 0.6 is 11.8 Å². The monoisotopic (exact) mass is 425 g/mol. The van der Waals surface area contributed by atoms with E-state index in [0.717, 1.165) is 21.9 Å². The van der Waals surface area contributed by atoms with E-state index < -0.39 is 24.1 Å². The summed E-state index contributed by atoms with van der Waals surface area (Å²) in [5.41, 5.74) is 1.86. The summed E-state index contributed by atoms with van der Waals surface area (Å²) in [6.07, 6.45) is -5.24. The third-order valence-corrected chi connectivity index (χ3v) is 5.41. The minimum Gasteiger partial charge on any atom is -0.460 e. The summed E-state index contributed by atoms with van der Waals surface area (Å²) in [6, 6.07) is 11.9. The third-order valence-electron chi connectivity index (χ3n) is 4.34. The summed E-state index contributed by atoms with van der Waals surface area (Å²) in [7, 11) is 1.24. The molecule has 0 aliphatic carbocycles. The average Bonchev–Trinajstić information content (AvgIpc) is 3.07. The molecule has 2 aromatic carbocycles. The molecule has 152 valence electrons. The SMILES string of the molecule is Cn1c(SCc2cc(F)cc3c2O[C@@H](c2ccccc2)OC3)nnc1C(F)(F)F.